The van der Waals surface area contributed by atoms with Crippen LogP contribution in [-0.4, -0.2) is 11.6 Å². The van der Waals surface area contributed by atoms with E-state index in [0.29, 0.717) is 12.5 Å². The number of halogens is 1. The number of fused-ring (bicyclic) bond motifs is 1. The molecule has 18 heavy (non-hydrogen) atoms. The first-order valence-corrected chi connectivity index (χ1v) is 6.12. The molecule has 0 bridgehead atoms. The van der Waals surface area contributed by atoms with Gasteiger partial charge in [-0.25, -0.2) is 4.39 Å². The minimum absolute atomic E-state index is 0.288. The highest BCUT2D eigenvalue weighted by molar-refractivity contribution is 5.35. The molecule has 1 aromatic carbocycles. The van der Waals surface area contributed by atoms with Crippen molar-refractivity contribution in [3.63, 3.8) is 0 Å². The highest BCUT2D eigenvalue weighted by atomic mass is 19.1. The Morgan fingerprint density at radius 3 is 2.94 bits per heavy atom. The maximum atomic E-state index is 12.8. The van der Waals surface area contributed by atoms with Crippen LogP contribution < -0.4 is 4.74 Å². The number of aromatic nitrogens is 1. The number of benzene rings is 1. The first-order chi connectivity index (χ1) is 8.81. The van der Waals surface area contributed by atoms with Gasteiger partial charge in [0.15, 0.2) is 0 Å². The van der Waals surface area contributed by atoms with E-state index in [1.165, 1.54) is 17.8 Å². The van der Waals surface area contributed by atoms with Gasteiger partial charge in [-0.15, -0.1) is 0 Å². The molecule has 1 aliphatic heterocycles. The van der Waals surface area contributed by atoms with E-state index in [2.05, 4.69) is 11.1 Å². The molecule has 3 heteroatoms. The monoisotopic (exact) mass is 243 g/mol. The molecule has 2 nitrogen and oxygen atoms in total. The van der Waals surface area contributed by atoms with E-state index < -0.39 is 0 Å². The van der Waals surface area contributed by atoms with Crippen LogP contribution in [0.5, 0.6) is 5.75 Å². The summed E-state index contributed by atoms with van der Waals surface area (Å²) in [5.74, 6) is 1.11. The summed E-state index contributed by atoms with van der Waals surface area (Å²) in [4.78, 5) is 4.10. The fourth-order valence-electron chi connectivity index (χ4n) is 2.34. The molecule has 0 fully saturated rings. The predicted molar refractivity (Wildman–Crippen MR) is 67.0 cm³/mol. The van der Waals surface area contributed by atoms with E-state index in [9.17, 15) is 4.39 Å². The molecule has 0 amide bonds. The molecule has 1 atom stereocenters. The molecule has 0 N–H and O–H groups in total. The zero-order valence-electron chi connectivity index (χ0n) is 9.97. The van der Waals surface area contributed by atoms with Crippen LogP contribution in [0.15, 0.2) is 42.6 Å². The highest BCUT2D eigenvalue weighted by Gasteiger charge is 2.20. The van der Waals surface area contributed by atoms with Crippen molar-refractivity contribution in [2.45, 2.75) is 12.8 Å². The maximum absolute atomic E-state index is 12.8. The summed E-state index contributed by atoms with van der Waals surface area (Å²) in [6.45, 7) is 0.704. The van der Waals surface area contributed by atoms with Crippen LogP contribution in [0.1, 0.15) is 11.3 Å². The molecule has 3 rings (SSSR count). The van der Waals surface area contributed by atoms with Crippen LogP contribution in [0.4, 0.5) is 4.39 Å². The maximum Gasteiger partial charge on any atom is 0.141 e. The Morgan fingerprint density at radius 2 is 2.11 bits per heavy atom. The molecule has 0 radical (unpaired) electrons. The van der Waals surface area contributed by atoms with Crippen LogP contribution in [-0.2, 0) is 12.8 Å². The summed E-state index contributed by atoms with van der Waals surface area (Å²) in [7, 11) is 0. The van der Waals surface area contributed by atoms with Gasteiger partial charge in [0.1, 0.15) is 11.6 Å². The minimum atomic E-state index is -0.288. The molecule has 2 aromatic rings. The summed E-state index contributed by atoms with van der Waals surface area (Å²) in [6.07, 6.45) is 3.09. The molecule has 0 unspecified atom stereocenters. The second-order valence-electron chi connectivity index (χ2n) is 4.66. The summed E-state index contributed by atoms with van der Waals surface area (Å²) in [5.41, 5.74) is 2.17. The average Bonchev–Trinajstić information content (AvgIpc) is 2.41. The van der Waals surface area contributed by atoms with Gasteiger partial charge in [-0.1, -0.05) is 18.2 Å². The largest absolute Gasteiger partial charge is 0.493 e. The number of nitrogens with zero attached hydrogens (tertiary/aromatic N) is 1. The number of hydrogen-bond donors (Lipinski definition) is 0. The van der Waals surface area contributed by atoms with Gasteiger partial charge < -0.3 is 4.74 Å². The highest BCUT2D eigenvalue weighted by Crippen LogP contribution is 2.28. The van der Waals surface area contributed by atoms with Gasteiger partial charge in [-0.05, 0) is 36.6 Å². The fraction of sp³-hybridized carbons (Fsp3) is 0.267. The van der Waals surface area contributed by atoms with E-state index in [1.54, 1.807) is 6.07 Å². The van der Waals surface area contributed by atoms with Crippen molar-refractivity contribution in [3.8, 4) is 5.75 Å². The predicted octanol–water partition coefficient (Wildman–Crippen LogP) is 3.01. The minimum Gasteiger partial charge on any atom is -0.493 e. The molecule has 1 aliphatic rings. The van der Waals surface area contributed by atoms with Gasteiger partial charge in [-0.3, -0.25) is 4.98 Å². The Bertz CT molecular complexity index is 538. The smallest absolute Gasteiger partial charge is 0.141 e. The lowest BCUT2D eigenvalue weighted by molar-refractivity contribution is 0.220. The van der Waals surface area contributed by atoms with Crippen LogP contribution in [0.25, 0.3) is 0 Å². The topological polar surface area (TPSA) is 22.1 Å². The second-order valence-corrected chi connectivity index (χ2v) is 4.66. The first kappa shape index (κ1) is 11.2. The van der Waals surface area contributed by atoms with Gasteiger partial charge in [-0.2, -0.15) is 0 Å². The first-order valence-electron chi connectivity index (χ1n) is 6.12. The fourth-order valence-corrected chi connectivity index (χ4v) is 2.34. The molecule has 92 valence electrons. The second kappa shape index (κ2) is 4.77. The number of pyridine rings is 1. The van der Waals surface area contributed by atoms with E-state index in [4.69, 9.17) is 4.74 Å². The van der Waals surface area contributed by atoms with Crippen molar-refractivity contribution in [1.29, 1.82) is 0 Å². The van der Waals surface area contributed by atoms with E-state index in [-0.39, 0.29) is 5.82 Å². The quantitative estimate of drug-likeness (QED) is 0.809. The molecule has 2 heterocycles. The number of ether oxygens (including phenoxy) is 1. The number of rotatable bonds is 2. The van der Waals surface area contributed by atoms with Crippen molar-refractivity contribution in [1.82, 2.24) is 4.98 Å². The Hall–Kier alpha value is -1.90. The third kappa shape index (κ3) is 2.35. The van der Waals surface area contributed by atoms with Crippen LogP contribution in [0.2, 0.25) is 0 Å². The molecule has 0 aliphatic carbocycles. The van der Waals surface area contributed by atoms with Crippen LogP contribution >= 0.6 is 0 Å². The Morgan fingerprint density at radius 1 is 1.22 bits per heavy atom. The lowest BCUT2D eigenvalue weighted by Gasteiger charge is -2.24. The third-order valence-corrected chi connectivity index (χ3v) is 3.24. The van der Waals surface area contributed by atoms with Crippen molar-refractivity contribution >= 4 is 0 Å². The zero-order valence-corrected chi connectivity index (χ0v) is 9.97. The Balaban J connectivity index is 1.71. The summed E-state index contributed by atoms with van der Waals surface area (Å²) in [5, 5.41) is 0. The van der Waals surface area contributed by atoms with Crippen molar-refractivity contribution in [2.24, 2.45) is 5.92 Å². The molecule has 0 spiro atoms. The average molecular weight is 243 g/mol. The molecular formula is C15H14FNO. The lowest BCUT2D eigenvalue weighted by atomic mass is 9.93. The molecule has 0 saturated heterocycles. The van der Waals surface area contributed by atoms with Gasteiger partial charge >= 0.3 is 0 Å². The lowest BCUT2D eigenvalue weighted by Crippen LogP contribution is -2.23. The van der Waals surface area contributed by atoms with Crippen LogP contribution in [0.3, 0.4) is 0 Å². The van der Waals surface area contributed by atoms with Gasteiger partial charge in [0.2, 0.25) is 0 Å². The Kier molecular flexibility index (Phi) is 2.97. The standard InChI is InChI=1S/C15H14FNO/c16-13-5-6-14(17-9-13)8-11-7-12-3-1-2-4-15(12)18-10-11/h1-6,9,11H,7-8,10H2/t11-/m1/s1. The Labute approximate surface area is 105 Å². The van der Waals surface area contributed by atoms with Crippen molar-refractivity contribution < 1.29 is 9.13 Å². The summed E-state index contributed by atoms with van der Waals surface area (Å²) < 4.78 is 18.5. The van der Waals surface area contributed by atoms with Crippen molar-refractivity contribution in [3.05, 3.63) is 59.7 Å². The van der Waals surface area contributed by atoms with Gasteiger partial charge in [0.25, 0.3) is 0 Å². The number of hydrogen-bond acceptors (Lipinski definition) is 2. The van der Waals surface area contributed by atoms with Gasteiger partial charge in [0.05, 0.1) is 12.8 Å². The molecular weight excluding hydrogens is 229 g/mol. The zero-order chi connectivity index (χ0) is 12.4. The molecule has 1 aromatic heterocycles. The van der Waals surface area contributed by atoms with Crippen molar-refractivity contribution in [2.75, 3.05) is 6.61 Å². The normalized spacial score (nSPS) is 17.9. The van der Waals surface area contributed by atoms with E-state index in [0.717, 1.165) is 24.3 Å². The number of para-hydroxylation sites is 1. The SMILES string of the molecule is Fc1ccc(C[C@@H]2COc3ccccc3C2)nc1. The molecule has 0 saturated carbocycles. The third-order valence-electron chi connectivity index (χ3n) is 3.24. The summed E-state index contributed by atoms with van der Waals surface area (Å²) >= 11 is 0. The summed E-state index contributed by atoms with van der Waals surface area (Å²) in [6, 6.07) is 11.3. The van der Waals surface area contributed by atoms with E-state index in [1.807, 2.05) is 18.2 Å². The van der Waals surface area contributed by atoms with E-state index >= 15 is 0 Å². The van der Waals surface area contributed by atoms with Gasteiger partial charge in [0, 0.05) is 11.6 Å². The van der Waals surface area contributed by atoms with Crippen LogP contribution in [0, 0.1) is 11.7 Å².